The lowest BCUT2D eigenvalue weighted by Crippen LogP contribution is -2.00. The molecule has 0 unspecified atom stereocenters. The highest BCUT2D eigenvalue weighted by Crippen LogP contribution is 2.20. The normalized spacial score (nSPS) is 10.1. The number of nitrogens with zero attached hydrogens (tertiary/aromatic N) is 1. The van der Waals surface area contributed by atoms with E-state index in [1.54, 1.807) is 24.3 Å². The van der Waals surface area contributed by atoms with E-state index < -0.39 is 10.7 Å². The third-order valence-corrected chi connectivity index (χ3v) is 2.59. The molecular weight excluding hydrogens is 265 g/mol. The Bertz CT molecular complexity index is 657. The summed E-state index contributed by atoms with van der Waals surface area (Å²) in [5.74, 6) is -0.365. The molecule has 2 aromatic carbocycles. The molecule has 0 radical (unpaired) electrons. The van der Waals surface area contributed by atoms with Crippen LogP contribution in [0.2, 0.25) is 0 Å². The number of nitro groups is 1. The maximum atomic E-state index is 13.2. The summed E-state index contributed by atoms with van der Waals surface area (Å²) in [7, 11) is 0. The van der Waals surface area contributed by atoms with Crippen LogP contribution in [0.5, 0.6) is 5.75 Å². The summed E-state index contributed by atoms with van der Waals surface area (Å²) < 4.78 is 18.6. The molecule has 0 aliphatic carbocycles. The van der Waals surface area contributed by atoms with Crippen molar-refractivity contribution in [2.24, 2.45) is 0 Å². The number of benzene rings is 2. The van der Waals surface area contributed by atoms with Crippen LogP contribution < -0.4 is 4.74 Å². The van der Waals surface area contributed by atoms with Gasteiger partial charge in [-0.05, 0) is 23.8 Å². The van der Waals surface area contributed by atoms with Crippen LogP contribution in [0, 0.1) is 15.9 Å². The number of carbonyl (C=O) groups is 1. The summed E-state index contributed by atoms with van der Waals surface area (Å²) in [5.41, 5.74) is 0.336. The molecule has 0 bridgehead atoms. The number of hydrogen-bond donors (Lipinski definition) is 0. The monoisotopic (exact) mass is 275 g/mol. The third kappa shape index (κ3) is 3.17. The van der Waals surface area contributed by atoms with Crippen molar-refractivity contribution >= 4 is 12.0 Å². The van der Waals surface area contributed by atoms with Crippen LogP contribution in [0.4, 0.5) is 10.1 Å². The molecule has 6 heteroatoms. The minimum Gasteiger partial charge on any atom is -0.488 e. The average Bonchev–Trinajstić information content (AvgIpc) is 2.44. The molecule has 0 saturated carbocycles. The van der Waals surface area contributed by atoms with Gasteiger partial charge in [0.25, 0.3) is 5.69 Å². The van der Waals surface area contributed by atoms with Crippen LogP contribution in [-0.2, 0) is 6.61 Å². The summed E-state index contributed by atoms with van der Waals surface area (Å²) >= 11 is 0. The van der Waals surface area contributed by atoms with E-state index in [4.69, 9.17) is 4.74 Å². The van der Waals surface area contributed by atoms with Crippen LogP contribution in [0.3, 0.4) is 0 Å². The molecule has 2 rings (SSSR count). The zero-order valence-corrected chi connectivity index (χ0v) is 10.3. The predicted octanol–water partition coefficient (Wildman–Crippen LogP) is 3.13. The Morgan fingerprint density at radius 1 is 1.25 bits per heavy atom. The predicted molar refractivity (Wildman–Crippen MR) is 69.2 cm³/mol. The first-order chi connectivity index (χ1) is 9.60. The largest absolute Gasteiger partial charge is 0.488 e. The molecule has 2 aromatic rings. The van der Waals surface area contributed by atoms with Crippen molar-refractivity contribution in [1.29, 1.82) is 0 Å². The number of para-hydroxylation sites is 1. The Kier molecular flexibility index (Phi) is 4.05. The van der Waals surface area contributed by atoms with E-state index in [9.17, 15) is 19.3 Å². The molecule has 0 fully saturated rings. The Morgan fingerprint density at radius 2 is 2.00 bits per heavy atom. The smallest absolute Gasteiger partial charge is 0.272 e. The van der Waals surface area contributed by atoms with Gasteiger partial charge in [0, 0.05) is 6.07 Å². The second kappa shape index (κ2) is 5.92. The van der Waals surface area contributed by atoms with E-state index in [1.165, 1.54) is 6.07 Å². The lowest BCUT2D eigenvalue weighted by Gasteiger charge is -2.08. The Morgan fingerprint density at radius 3 is 2.70 bits per heavy atom. The number of carbonyl (C=O) groups excluding carboxylic acids is 1. The van der Waals surface area contributed by atoms with Gasteiger partial charge in [-0.15, -0.1) is 0 Å². The van der Waals surface area contributed by atoms with Gasteiger partial charge in [0.05, 0.1) is 16.6 Å². The number of halogens is 1. The molecule has 20 heavy (non-hydrogen) atoms. The standard InChI is InChI=1S/C14H10FNO4/c15-12-5-10(6-13(7-12)16(18)19)9-20-14-4-2-1-3-11(14)8-17/h1-8H,9H2. The first-order valence-corrected chi connectivity index (χ1v) is 5.71. The van der Waals surface area contributed by atoms with Crippen LogP contribution in [0.25, 0.3) is 0 Å². The molecule has 0 N–H and O–H groups in total. The highest BCUT2D eigenvalue weighted by atomic mass is 19.1. The molecule has 0 aliphatic rings. The van der Waals surface area contributed by atoms with Crippen molar-refractivity contribution < 1.29 is 18.8 Å². The van der Waals surface area contributed by atoms with Crippen molar-refractivity contribution in [3.05, 3.63) is 69.5 Å². The van der Waals surface area contributed by atoms with E-state index in [-0.39, 0.29) is 12.3 Å². The topological polar surface area (TPSA) is 69.4 Å². The first-order valence-electron chi connectivity index (χ1n) is 5.71. The number of ether oxygens (including phenoxy) is 1. The molecule has 0 atom stereocenters. The molecule has 0 aliphatic heterocycles. The molecule has 0 saturated heterocycles. The summed E-state index contributed by atoms with van der Waals surface area (Å²) in [6.45, 7) is -0.0660. The van der Waals surface area contributed by atoms with Crippen LogP contribution in [-0.4, -0.2) is 11.2 Å². The van der Waals surface area contributed by atoms with E-state index in [1.807, 2.05) is 0 Å². The maximum Gasteiger partial charge on any atom is 0.272 e. The van der Waals surface area contributed by atoms with Gasteiger partial charge in [-0.3, -0.25) is 14.9 Å². The second-order valence-electron chi connectivity index (χ2n) is 4.02. The molecule has 0 aromatic heterocycles. The van der Waals surface area contributed by atoms with Gasteiger partial charge in [-0.25, -0.2) is 4.39 Å². The fraction of sp³-hybridized carbons (Fsp3) is 0.0714. The summed E-state index contributed by atoms with van der Waals surface area (Å²) in [5, 5.41) is 10.6. The Balaban J connectivity index is 2.18. The second-order valence-corrected chi connectivity index (χ2v) is 4.02. The summed E-state index contributed by atoms with van der Waals surface area (Å²) in [4.78, 5) is 20.8. The van der Waals surface area contributed by atoms with E-state index in [2.05, 4.69) is 0 Å². The Hall–Kier alpha value is -2.76. The minimum absolute atomic E-state index is 0.0660. The average molecular weight is 275 g/mol. The van der Waals surface area contributed by atoms with Crippen molar-refractivity contribution in [2.75, 3.05) is 0 Å². The Labute approximate surface area is 113 Å². The molecular formula is C14H10FNO4. The van der Waals surface area contributed by atoms with Crippen molar-refractivity contribution in [1.82, 2.24) is 0 Å². The van der Waals surface area contributed by atoms with Gasteiger partial charge in [-0.1, -0.05) is 12.1 Å². The molecule has 102 valence electrons. The van der Waals surface area contributed by atoms with Gasteiger partial charge in [-0.2, -0.15) is 0 Å². The molecule has 0 amide bonds. The quantitative estimate of drug-likeness (QED) is 0.477. The highest BCUT2D eigenvalue weighted by molar-refractivity contribution is 5.79. The summed E-state index contributed by atoms with van der Waals surface area (Å²) in [6, 6.07) is 9.76. The number of nitro benzene ring substituents is 1. The van der Waals surface area contributed by atoms with E-state index in [0.29, 0.717) is 23.2 Å². The van der Waals surface area contributed by atoms with Gasteiger partial charge < -0.3 is 4.74 Å². The van der Waals surface area contributed by atoms with E-state index in [0.717, 1.165) is 12.1 Å². The maximum absolute atomic E-state index is 13.2. The van der Waals surface area contributed by atoms with Gasteiger partial charge in [0.15, 0.2) is 6.29 Å². The van der Waals surface area contributed by atoms with E-state index >= 15 is 0 Å². The first kappa shape index (κ1) is 13.7. The van der Waals surface area contributed by atoms with Gasteiger partial charge in [0.1, 0.15) is 18.2 Å². The van der Waals surface area contributed by atoms with Crippen LogP contribution in [0.1, 0.15) is 15.9 Å². The summed E-state index contributed by atoms with van der Waals surface area (Å²) in [6.07, 6.45) is 0.642. The van der Waals surface area contributed by atoms with Crippen molar-refractivity contribution in [3.8, 4) is 5.75 Å². The van der Waals surface area contributed by atoms with Gasteiger partial charge >= 0.3 is 0 Å². The fourth-order valence-electron chi connectivity index (χ4n) is 1.69. The number of non-ortho nitro benzene ring substituents is 1. The fourth-order valence-corrected chi connectivity index (χ4v) is 1.69. The van der Waals surface area contributed by atoms with Crippen LogP contribution >= 0.6 is 0 Å². The zero-order chi connectivity index (χ0) is 14.5. The third-order valence-electron chi connectivity index (χ3n) is 2.59. The number of hydrogen-bond acceptors (Lipinski definition) is 4. The van der Waals surface area contributed by atoms with Crippen LogP contribution in [0.15, 0.2) is 42.5 Å². The number of rotatable bonds is 5. The molecule has 0 spiro atoms. The van der Waals surface area contributed by atoms with Gasteiger partial charge in [0.2, 0.25) is 0 Å². The number of aldehydes is 1. The van der Waals surface area contributed by atoms with Crippen molar-refractivity contribution in [2.45, 2.75) is 6.61 Å². The zero-order valence-electron chi connectivity index (χ0n) is 10.3. The minimum atomic E-state index is -0.707. The SMILES string of the molecule is O=Cc1ccccc1OCc1cc(F)cc([N+](=O)[O-])c1. The lowest BCUT2D eigenvalue weighted by molar-refractivity contribution is -0.385. The van der Waals surface area contributed by atoms with Crippen molar-refractivity contribution in [3.63, 3.8) is 0 Å². The molecule has 0 heterocycles. The highest BCUT2D eigenvalue weighted by Gasteiger charge is 2.10. The lowest BCUT2D eigenvalue weighted by atomic mass is 10.2. The molecule has 5 nitrogen and oxygen atoms in total.